The first-order valence-electron chi connectivity index (χ1n) is 14.0. The molecule has 0 saturated carbocycles. The highest BCUT2D eigenvalue weighted by molar-refractivity contribution is 5.91. The minimum Gasteiger partial charge on any atom is -0.475 e. The molecule has 240 valence electrons. The van der Waals surface area contributed by atoms with Crippen molar-refractivity contribution in [2.45, 2.75) is 32.1 Å². The van der Waals surface area contributed by atoms with E-state index in [9.17, 15) is 31.1 Å². The van der Waals surface area contributed by atoms with Gasteiger partial charge >= 0.3 is 24.4 Å². The molecular formula is C29H33F6N5O4. The van der Waals surface area contributed by atoms with Crippen molar-refractivity contribution in [3.05, 3.63) is 47.7 Å². The summed E-state index contributed by atoms with van der Waals surface area (Å²) in [5.74, 6) is -2.41. The summed E-state index contributed by atoms with van der Waals surface area (Å²) in [5.41, 5.74) is 5.70. The predicted octanol–water partition coefficient (Wildman–Crippen LogP) is 5.32. The largest absolute Gasteiger partial charge is 0.490 e. The fourth-order valence-electron chi connectivity index (χ4n) is 5.18. The van der Waals surface area contributed by atoms with Crippen LogP contribution in [0.2, 0.25) is 0 Å². The van der Waals surface area contributed by atoms with Crippen LogP contribution in [0.25, 0.3) is 16.7 Å². The Morgan fingerprint density at radius 2 is 1.80 bits per heavy atom. The van der Waals surface area contributed by atoms with Gasteiger partial charge in [0.2, 0.25) is 0 Å². The molecule has 44 heavy (non-hydrogen) atoms. The maximum absolute atomic E-state index is 12.8. The number of anilines is 2. The summed E-state index contributed by atoms with van der Waals surface area (Å²) in [6, 6.07) is 9.50. The zero-order valence-electron chi connectivity index (χ0n) is 23.9. The second-order valence-corrected chi connectivity index (χ2v) is 10.7. The Kier molecular flexibility index (Phi) is 10.4. The van der Waals surface area contributed by atoms with Crippen LogP contribution in [0, 0.1) is 12.8 Å². The van der Waals surface area contributed by atoms with Crippen molar-refractivity contribution >= 4 is 29.1 Å². The number of aliphatic carboxylic acids is 1. The third-order valence-electron chi connectivity index (χ3n) is 7.42. The van der Waals surface area contributed by atoms with Crippen molar-refractivity contribution in [3.8, 4) is 11.1 Å². The summed E-state index contributed by atoms with van der Waals surface area (Å²) in [6.45, 7) is 6.90. The van der Waals surface area contributed by atoms with Gasteiger partial charge in [-0.25, -0.2) is 14.6 Å². The molecule has 1 atom stereocenters. The Bertz CT molecular complexity index is 1370. The predicted molar refractivity (Wildman–Crippen MR) is 151 cm³/mol. The fourth-order valence-corrected chi connectivity index (χ4v) is 5.18. The number of carbonyl (C=O) groups excluding carboxylic acids is 1. The average molecular weight is 630 g/mol. The molecule has 0 aliphatic carbocycles. The number of ether oxygens (including phenoxy) is 1. The highest BCUT2D eigenvalue weighted by atomic mass is 19.4. The molecule has 2 fully saturated rings. The topological polar surface area (TPSA) is 107 Å². The molecule has 9 nitrogen and oxygen atoms in total. The molecule has 3 aliphatic heterocycles. The summed E-state index contributed by atoms with van der Waals surface area (Å²) in [5, 5.41) is 13.4. The van der Waals surface area contributed by atoms with E-state index < -0.39 is 30.7 Å². The number of pyridine rings is 1. The van der Waals surface area contributed by atoms with E-state index in [-0.39, 0.29) is 12.6 Å². The third kappa shape index (κ3) is 9.08. The Hall–Kier alpha value is -3.85. The van der Waals surface area contributed by atoms with Crippen LogP contribution in [0.1, 0.15) is 24.1 Å². The van der Waals surface area contributed by atoms with Crippen LogP contribution in [0.15, 0.2) is 36.4 Å². The average Bonchev–Trinajstić information content (AvgIpc) is 3.66. The van der Waals surface area contributed by atoms with Gasteiger partial charge in [-0.3, -0.25) is 0 Å². The van der Waals surface area contributed by atoms with E-state index in [2.05, 4.69) is 33.7 Å². The highest BCUT2D eigenvalue weighted by Crippen LogP contribution is 2.33. The van der Waals surface area contributed by atoms with Crippen molar-refractivity contribution in [2.24, 2.45) is 5.92 Å². The number of halogens is 6. The number of likely N-dealkylation sites (tertiary alicyclic amines) is 1. The van der Waals surface area contributed by atoms with E-state index in [1.807, 2.05) is 25.1 Å². The lowest BCUT2D eigenvalue weighted by molar-refractivity contribution is -0.192. The quantitative estimate of drug-likeness (QED) is 0.385. The van der Waals surface area contributed by atoms with Gasteiger partial charge < -0.3 is 30.3 Å². The fraction of sp³-hybridized carbons (Fsp3) is 0.483. The molecule has 0 spiro atoms. The number of carbonyl (C=O) groups is 2. The normalized spacial score (nSPS) is 18.9. The van der Waals surface area contributed by atoms with Gasteiger partial charge in [-0.1, -0.05) is 12.1 Å². The van der Waals surface area contributed by atoms with Crippen molar-refractivity contribution < 1.29 is 45.8 Å². The Balaban J connectivity index is 0.000000566. The summed E-state index contributed by atoms with van der Waals surface area (Å²) in [7, 11) is 0. The number of benzene rings is 1. The smallest absolute Gasteiger partial charge is 0.475 e. The second kappa shape index (κ2) is 13.8. The van der Waals surface area contributed by atoms with Crippen LogP contribution in [0.4, 0.5) is 42.6 Å². The summed E-state index contributed by atoms with van der Waals surface area (Å²) < 4.78 is 75.5. The van der Waals surface area contributed by atoms with Crippen LogP contribution < -0.4 is 15.5 Å². The number of aryl methyl sites for hydroxylation is 1. The number of rotatable bonds is 5. The van der Waals surface area contributed by atoms with E-state index in [1.54, 1.807) is 0 Å². The molecule has 1 aromatic heterocycles. The number of nitrogens with zero attached hydrogens (tertiary/aromatic N) is 3. The van der Waals surface area contributed by atoms with Gasteiger partial charge in [-0.2, -0.15) is 26.3 Å². The number of carboxylic acids is 1. The number of nitrogens with one attached hydrogen (secondary N) is 2. The lowest BCUT2D eigenvalue weighted by atomic mass is 9.98. The highest BCUT2D eigenvalue weighted by Gasteiger charge is 2.38. The number of morpholine rings is 1. The summed E-state index contributed by atoms with van der Waals surface area (Å²) in [6.07, 6.45) is -7.63. The van der Waals surface area contributed by atoms with Crippen molar-refractivity contribution in [1.29, 1.82) is 0 Å². The van der Waals surface area contributed by atoms with E-state index in [4.69, 9.17) is 19.6 Å². The molecule has 0 bridgehead atoms. The van der Waals surface area contributed by atoms with Gasteiger partial charge in [-0.15, -0.1) is 0 Å². The van der Waals surface area contributed by atoms with E-state index in [0.717, 1.165) is 60.0 Å². The van der Waals surface area contributed by atoms with Gasteiger partial charge in [0.1, 0.15) is 5.82 Å². The van der Waals surface area contributed by atoms with Gasteiger partial charge in [0, 0.05) is 51.4 Å². The number of hydrogen-bond donors (Lipinski definition) is 3. The first-order chi connectivity index (χ1) is 20.7. The van der Waals surface area contributed by atoms with E-state index in [1.165, 1.54) is 4.90 Å². The molecule has 15 heteroatoms. The van der Waals surface area contributed by atoms with Crippen molar-refractivity contribution in [2.75, 3.05) is 62.7 Å². The SMILES string of the molecule is Cc1ccc(NC(=O)N2CC[C@@H](CC(F)(F)F)C2)cc1-c1cc(C2=CCNC2)nc(N2CCOCC2)c1.O=C(O)C(F)(F)F. The van der Waals surface area contributed by atoms with Crippen molar-refractivity contribution in [1.82, 2.24) is 15.2 Å². The standard InChI is InChI=1S/C27H32F3N5O2.C2HF3O2/c1-18-2-3-22(32-26(36)35-7-5-19(17-35)15-27(28,29)30)14-23(18)21-12-24(20-4-6-31-16-20)33-25(13-21)34-8-10-37-11-9-34;3-2(4,5)1(6)7/h2-4,12-14,19,31H,5-11,15-17H2,1H3,(H,32,36);(H,6,7)/t19-;/m0./s1. The number of hydrogen-bond acceptors (Lipinski definition) is 6. The molecule has 0 unspecified atom stereocenters. The second-order valence-electron chi connectivity index (χ2n) is 10.7. The Morgan fingerprint density at radius 1 is 1.09 bits per heavy atom. The van der Waals surface area contributed by atoms with Crippen molar-refractivity contribution in [3.63, 3.8) is 0 Å². The molecule has 3 N–H and O–H groups in total. The molecule has 0 radical (unpaired) electrons. The third-order valence-corrected chi connectivity index (χ3v) is 7.42. The molecule has 2 amide bonds. The van der Waals surface area contributed by atoms with Gasteiger partial charge in [0.25, 0.3) is 0 Å². The van der Waals surface area contributed by atoms with Crippen LogP contribution in [-0.2, 0) is 9.53 Å². The maximum Gasteiger partial charge on any atom is 0.490 e. The first-order valence-corrected chi connectivity index (χ1v) is 14.0. The zero-order chi connectivity index (χ0) is 32.1. The molecule has 5 rings (SSSR count). The maximum atomic E-state index is 12.8. The minimum atomic E-state index is -5.08. The monoisotopic (exact) mass is 629 g/mol. The molecule has 1 aromatic carbocycles. The Labute approximate surface area is 249 Å². The van der Waals surface area contributed by atoms with Gasteiger partial charge in [0.15, 0.2) is 0 Å². The van der Waals surface area contributed by atoms with Gasteiger partial charge in [0.05, 0.1) is 18.9 Å². The van der Waals surface area contributed by atoms with Gasteiger partial charge in [-0.05, 0) is 65.8 Å². The van der Waals surface area contributed by atoms with Crippen LogP contribution in [-0.4, -0.2) is 91.8 Å². The zero-order valence-corrected chi connectivity index (χ0v) is 23.9. The lowest BCUT2D eigenvalue weighted by Gasteiger charge is -2.28. The summed E-state index contributed by atoms with van der Waals surface area (Å²) in [4.78, 5) is 30.4. The number of carboxylic acid groups (broad SMARTS) is 1. The van der Waals surface area contributed by atoms with Crippen LogP contribution in [0.5, 0.6) is 0 Å². The Morgan fingerprint density at radius 3 is 2.41 bits per heavy atom. The van der Waals surface area contributed by atoms with E-state index >= 15 is 0 Å². The van der Waals surface area contributed by atoms with Crippen LogP contribution >= 0.6 is 0 Å². The first kappa shape index (κ1) is 33.1. The van der Waals surface area contributed by atoms with Crippen LogP contribution in [0.3, 0.4) is 0 Å². The number of aromatic nitrogens is 1. The molecular weight excluding hydrogens is 596 g/mol. The molecule has 2 saturated heterocycles. The lowest BCUT2D eigenvalue weighted by Crippen LogP contribution is -2.36. The molecule has 4 heterocycles. The minimum absolute atomic E-state index is 0.115. The molecule has 3 aliphatic rings. The van der Waals surface area contributed by atoms with E-state index in [0.29, 0.717) is 31.9 Å². The number of urea groups is 1. The molecule has 2 aromatic rings. The number of amides is 2. The number of alkyl halides is 6. The summed E-state index contributed by atoms with van der Waals surface area (Å²) >= 11 is 0.